The quantitative estimate of drug-likeness (QED) is 0.419. The van der Waals surface area contributed by atoms with E-state index in [4.69, 9.17) is 0 Å². The molecule has 0 amide bonds. The minimum Gasteiger partial charge on any atom is -0.158 e. The molecule has 1 heteroatoms. The molecule has 0 N–H and O–H groups in total. The van der Waals surface area contributed by atoms with Crippen LogP contribution < -0.4 is 0 Å². The lowest BCUT2D eigenvalue weighted by Crippen LogP contribution is -1.77. The summed E-state index contributed by atoms with van der Waals surface area (Å²) in [5, 5.41) is 0. The van der Waals surface area contributed by atoms with E-state index in [1.807, 2.05) is 11.8 Å². The fraction of sp³-hybridized carbons (Fsp3) is 0.667. The van der Waals surface area contributed by atoms with Crippen LogP contribution in [-0.2, 0) is 0 Å². The largest absolute Gasteiger partial charge is 0.158 e. The van der Waals surface area contributed by atoms with E-state index in [-0.39, 0.29) is 0 Å². The first kappa shape index (κ1) is 10.1. The zero-order valence-electron chi connectivity index (χ0n) is 6.97. The Morgan fingerprint density at radius 3 is 2.60 bits per heavy atom. The standard InChI is InChI=1S/C9H17S/c1-3-5-6-7-8-9-10-4-2/h3-5H,6-9H2,1-2H3/b5-3+. The molecule has 0 aliphatic heterocycles. The topological polar surface area (TPSA) is 0 Å². The first-order valence-electron chi connectivity index (χ1n) is 3.92. The molecule has 0 aliphatic rings. The van der Waals surface area contributed by atoms with Crippen molar-refractivity contribution in [1.82, 2.24) is 0 Å². The van der Waals surface area contributed by atoms with Gasteiger partial charge in [0.1, 0.15) is 0 Å². The highest BCUT2D eigenvalue weighted by molar-refractivity contribution is 8.01. The number of allylic oxidation sites excluding steroid dienone is 2. The Morgan fingerprint density at radius 2 is 2.00 bits per heavy atom. The Kier molecular flexibility index (Phi) is 9.17. The van der Waals surface area contributed by atoms with Crippen LogP contribution in [0.4, 0.5) is 0 Å². The summed E-state index contributed by atoms with van der Waals surface area (Å²) in [4.78, 5) is 0. The highest BCUT2D eigenvalue weighted by Gasteiger charge is 1.85. The van der Waals surface area contributed by atoms with Gasteiger partial charge in [0.2, 0.25) is 0 Å². The van der Waals surface area contributed by atoms with Crippen LogP contribution in [0, 0.1) is 5.75 Å². The molecule has 0 aromatic rings. The van der Waals surface area contributed by atoms with E-state index in [0.29, 0.717) is 0 Å². The molecule has 10 heavy (non-hydrogen) atoms. The Bertz CT molecular complexity index is 76.8. The third kappa shape index (κ3) is 8.09. The van der Waals surface area contributed by atoms with Gasteiger partial charge in [0.15, 0.2) is 0 Å². The lowest BCUT2D eigenvalue weighted by atomic mass is 10.2. The number of hydrogen-bond donors (Lipinski definition) is 0. The molecular formula is C9H17S. The van der Waals surface area contributed by atoms with Crippen molar-refractivity contribution < 1.29 is 0 Å². The van der Waals surface area contributed by atoms with Crippen molar-refractivity contribution in [2.24, 2.45) is 0 Å². The Hall–Kier alpha value is 0.0900. The molecule has 0 unspecified atom stereocenters. The minimum atomic E-state index is 1.25. The number of thioether (sulfide) groups is 1. The lowest BCUT2D eigenvalue weighted by Gasteiger charge is -1.94. The van der Waals surface area contributed by atoms with Gasteiger partial charge in [0.25, 0.3) is 0 Å². The number of rotatable bonds is 6. The van der Waals surface area contributed by atoms with E-state index in [1.165, 1.54) is 25.0 Å². The van der Waals surface area contributed by atoms with Crippen molar-refractivity contribution in [3.8, 4) is 0 Å². The van der Waals surface area contributed by atoms with Crippen molar-refractivity contribution in [2.75, 3.05) is 5.75 Å². The van der Waals surface area contributed by atoms with Crippen molar-refractivity contribution in [1.29, 1.82) is 0 Å². The normalized spacial score (nSPS) is 11.0. The molecule has 0 saturated carbocycles. The van der Waals surface area contributed by atoms with Gasteiger partial charge < -0.3 is 0 Å². The maximum atomic E-state index is 2.24. The minimum absolute atomic E-state index is 1.25. The van der Waals surface area contributed by atoms with Crippen molar-refractivity contribution >= 4 is 11.8 Å². The maximum Gasteiger partial charge on any atom is 0.0135 e. The molecule has 0 aliphatic carbocycles. The van der Waals surface area contributed by atoms with E-state index in [0.717, 1.165) is 0 Å². The number of unbranched alkanes of at least 4 members (excludes halogenated alkanes) is 2. The first-order valence-corrected chi connectivity index (χ1v) is 4.97. The molecular weight excluding hydrogens is 140 g/mol. The van der Waals surface area contributed by atoms with E-state index in [2.05, 4.69) is 31.8 Å². The molecule has 0 fully saturated rings. The van der Waals surface area contributed by atoms with Crippen LogP contribution in [0.2, 0.25) is 0 Å². The molecule has 0 aromatic carbocycles. The highest BCUT2D eigenvalue weighted by Crippen LogP contribution is 2.08. The van der Waals surface area contributed by atoms with Crippen LogP contribution in [-0.4, -0.2) is 5.75 Å². The third-order valence-corrected chi connectivity index (χ3v) is 2.14. The summed E-state index contributed by atoms with van der Waals surface area (Å²) in [7, 11) is 0. The second-order valence-electron chi connectivity index (χ2n) is 2.17. The first-order chi connectivity index (χ1) is 4.91. The second kappa shape index (κ2) is 9.09. The lowest BCUT2D eigenvalue weighted by molar-refractivity contribution is 0.823. The van der Waals surface area contributed by atoms with E-state index < -0.39 is 0 Å². The molecule has 0 nitrogen and oxygen atoms in total. The highest BCUT2D eigenvalue weighted by atomic mass is 32.2. The molecule has 0 heterocycles. The van der Waals surface area contributed by atoms with Gasteiger partial charge >= 0.3 is 0 Å². The molecule has 0 aromatic heterocycles. The van der Waals surface area contributed by atoms with Crippen LogP contribution in [0.15, 0.2) is 12.2 Å². The van der Waals surface area contributed by atoms with Crippen LogP contribution in [0.5, 0.6) is 0 Å². The average molecular weight is 157 g/mol. The molecule has 0 spiro atoms. The molecule has 0 atom stereocenters. The van der Waals surface area contributed by atoms with Gasteiger partial charge in [0, 0.05) is 5.75 Å². The fourth-order valence-corrected chi connectivity index (χ4v) is 1.34. The van der Waals surface area contributed by atoms with E-state index >= 15 is 0 Å². The number of hydrogen-bond acceptors (Lipinski definition) is 1. The predicted octanol–water partition coefficient (Wildman–Crippen LogP) is 3.65. The fourth-order valence-electron chi connectivity index (χ4n) is 0.732. The van der Waals surface area contributed by atoms with Gasteiger partial charge in [0.05, 0.1) is 0 Å². The van der Waals surface area contributed by atoms with Crippen molar-refractivity contribution in [3.05, 3.63) is 17.9 Å². The third-order valence-electron chi connectivity index (χ3n) is 1.29. The second-order valence-corrected chi connectivity index (χ2v) is 3.38. The van der Waals surface area contributed by atoms with Crippen LogP contribution >= 0.6 is 11.8 Å². The summed E-state index contributed by atoms with van der Waals surface area (Å²) >= 11 is 1.92. The summed E-state index contributed by atoms with van der Waals surface area (Å²) in [6.07, 6.45) is 8.30. The summed E-state index contributed by atoms with van der Waals surface area (Å²) in [6, 6.07) is 0. The monoisotopic (exact) mass is 157 g/mol. The van der Waals surface area contributed by atoms with Gasteiger partial charge in [-0.3, -0.25) is 0 Å². The molecule has 1 radical (unpaired) electrons. The predicted molar refractivity (Wildman–Crippen MR) is 51.1 cm³/mol. The summed E-state index contributed by atoms with van der Waals surface area (Å²) < 4.78 is 0. The molecule has 0 saturated heterocycles. The van der Waals surface area contributed by atoms with E-state index in [9.17, 15) is 0 Å². The summed E-state index contributed by atoms with van der Waals surface area (Å²) in [5.74, 6) is 3.45. The zero-order chi connectivity index (χ0) is 7.66. The Labute approximate surface area is 69.1 Å². The maximum absolute atomic E-state index is 2.24. The van der Waals surface area contributed by atoms with Crippen LogP contribution in [0.1, 0.15) is 33.1 Å². The molecule has 0 bridgehead atoms. The van der Waals surface area contributed by atoms with Gasteiger partial charge in [-0.05, 0) is 31.9 Å². The molecule has 0 rings (SSSR count). The zero-order valence-corrected chi connectivity index (χ0v) is 7.79. The van der Waals surface area contributed by atoms with Crippen LogP contribution in [0.25, 0.3) is 0 Å². The Balaban J connectivity index is 2.77. The van der Waals surface area contributed by atoms with Crippen LogP contribution in [0.3, 0.4) is 0 Å². The van der Waals surface area contributed by atoms with Gasteiger partial charge in [-0.25, -0.2) is 0 Å². The van der Waals surface area contributed by atoms with Gasteiger partial charge in [-0.15, -0.1) is 0 Å². The van der Waals surface area contributed by atoms with Crippen molar-refractivity contribution in [2.45, 2.75) is 33.1 Å². The average Bonchev–Trinajstić information content (AvgIpc) is 1.97. The summed E-state index contributed by atoms with van der Waals surface area (Å²) in [6.45, 7) is 4.17. The summed E-state index contributed by atoms with van der Waals surface area (Å²) in [5.41, 5.74) is 0. The van der Waals surface area contributed by atoms with E-state index in [1.54, 1.807) is 0 Å². The SMILES string of the molecule is C[CH]SCCCC/C=C/C. The van der Waals surface area contributed by atoms with Gasteiger partial charge in [-0.1, -0.05) is 19.1 Å². The smallest absolute Gasteiger partial charge is 0.0135 e. The Morgan fingerprint density at radius 1 is 1.20 bits per heavy atom. The van der Waals surface area contributed by atoms with Gasteiger partial charge in [-0.2, -0.15) is 11.8 Å². The van der Waals surface area contributed by atoms with Crippen molar-refractivity contribution in [3.63, 3.8) is 0 Å². The molecule has 59 valence electrons.